The topological polar surface area (TPSA) is 96.8 Å². The zero-order chi connectivity index (χ0) is 18.6. The second kappa shape index (κ2) is 7.89. The van der Waals surface area contributed by atoms with E-state index in [-0.39, 0.29) is 13.2 Å². The minimum absolute atomic E-state index is 0.0339. The lowest BCUT2D eigenvalue weighted by molar-refractivity contribution is 0.0302. The number of ether oxygens (including phenoxy) is 2. The third kappa shape index (κ3) is 4.17. The predicted octanol–water partition coefficient (Wildman–Crippen LogP) is 2.05. The highest BCUT2D eigenvalue weighted by atomic mass is 16.6. The van der Waals surface area contributed by atoms with E-state index < -0.39 is 6.09 Å². The van der Waals surface area contributed by atoms with Crippen LogP contribution in [-0.2, 0) is 9.47 Å². The maximum absolute atomic E-state index is 11.5. The molecule has 2 aliphatic heterocycles. The van der Waals surface area contributed by atoms with Gasteiger partial charge in [0.15, 0.2) is 5.82 Å². The maximum Gasteiger partial charge on any atom is 0.411 e. The molecule has 2 aliphatic rings. The van der Waals surface area contributed by atoms with Crippen molar-refractivity contribution in [1.29, 1.82) is 0 Å². The first-order valence-corrected chi connectivity index (χ1v) is 9.10. The smallest absolute Gasteiger partial charge is 0.411 e. The third-order valence-corrected chi connectivity index (χ3v) is 4.72. The number of fused-ring (bicyclic) bond motifs is 2. The molecular formula is C19H22N4O4. The summed E-state index contributed by atoms with van der Waals surface area (Å²) >= 11 is 0. The number of carbonyl (C=O) groups excluding carboxylic acids is 1. The molecule has 2 aromatic rings. The normalized spacial score (nSPS) is 21.1. The average molecular weight is 370 g/mol. The van der Waals surface area contributed by atoms with Crippen molar-refractivity contribution in [3.05, 3.63) is 36.5 Å². The summed E-state index contributed by atoms with van der Waals surface area (Å²) in [6.45, 7) is 1.50. The summed E-state index contributed by atoms with van der Waals surface area (Å²) in [4.78, 5) is 22.9. The van der Waals surface area contributed by atoms with Gasteiger partial charge in [0.2, 0.25) is 0 Å². The van der Waals surface area contributed by atoms with Crippen molar-refractivity contribution < 1.29 is 19.4 Å². The molecule has 2 N–H and O–H groups in total. The Kier molecular flexibility index (Phi) is 5.17. The number of rotatable bonds is 5. The SMILES string of the molecule is O=C(Nc1ccc(-c2nccc(N3CC4CCC(C3)O4)n2)cc1)OCCO. The van der Waals surface area contributed by atoms with Crippen LogP contribution in [0.15, 0.2) is 36.5 Å². The largest absolute Gasteiger partial charge is 0.447 e. The van der Waals surface area contributed by atoms with Gasteiger partial charge >= 0.3 is 6.09 Å². The Morgan fingerprint density at radius 2 is 1.96 bits per heavy atom. The van der Waals surface area contributed by atoms with Gasteiger partial charge in [-0.25, -0.2) is 14.8 Å². The molecule has 0 saturated carbocycles. The fourth-order valence-electron chi connectivity index (χ4n) is 3.46. The lowest BCUT2D eigenvalue weighted by Gasteiger charge is -2.33. The Hall–Kier alpha value is -2.71. The van der Waals surface area contributed by atoms with E-state index in [9.17, 15) is 4.79 Å². The number of nitrogens with one attached hydrogen (secondary N) is 1. The van der Waals surface area contributed by atoms with Gasteiger partial charge in [0.25, 0.3) is 0 Å². The lowest BCUT2D eigenvalue weighted by Crippen LogP contribution is -2.43. The number of aromatic nitrogens is 2. The first-order chi connectivity index (χ1) is 13.2. The number of morpholine rings is 1. The molecule has 4 rings (SSSR count). The van der Waals surface area contributed by atoms with Crippen LogP contribution in [0.2, 0.25) is 0 Å². The van der Waals surface area contributed by atoms with Crippen molar-refractivity contribution in [1.82, 2.24) is 9.97 Å². The summed E-state index contributed by atoms with van der Waals surface area (Å²) in [6, 6.07) is 9.16. The minimum Gasteiger partial charge on any atom is -0.447 e. The molecule has 2 atom stereocenters. The second-order valence-corrected chi connectivity index (χ2v) is 6.66. The van der Waals surface area contributed by atoms with E-state index in [4.69, 9.17) is 19.6 Å². The summed E-state index contributed by atoms with van der Waals surface area (Å²) in [5.74, 6) is 1.55. The van der Waals surface area contributed by atoms with Gasteiger partial charge in [-0.1, -0.05) is 0 Å². The molecule has 2 bridgehead atoms. The molecule has 0 radical (unpaired) electrons. The third-order valence-electron chi connectivity index (χ3n) is 4.72. The van der Waals surface area contributed by atoms with Crippen molar-refractivity contribution in [2.75, 3.05) is 36.5 Å². The van der Waals surface area contributed by atoms with Crippen molar-refractivity contribution in [2.24, 2.45) is 0 Å². The fourth-order valence-corrected chi connectivity index (χ4v) is 3.46. The van der Waals surface area contributed by atoms with Gasteiger partial charge < -0.3 is 19.5 Å². The monoisotopic (exact) mass is 370 g/mol. The molecule has 1 amide bonds. The molecule has 0 aliphatic carbocycles. The van der Waals surface area contributed by atoms with Crippen LogP contribution in [0.1, 0.15) is 12.8 Å². The molecule has 8 heteroatoms. The van der Waals surface area contributed by atoms with Crippen molar-refractivity contribution in [2.45, 2.75) is 25.0 Å². The molecule has 1 aromatic heterocycles. The van der Waals surface area contributed by atoms with Crippen LogP contribution >= 0.6 is 0 Å². The van der Waals surface area contributed by atoms with Gasteiger partial charge in [0.05, 0.1) is 18.8 Å². The summed E-state index contributed by atoms with van der Waals surface area (Å²) < 4.78 is 10.7. The van der Waals surface area contributed by atoms with Crippen LogP contribution in [0.3, 0.4) is 0 Å². The summed E-state index contributed by atoms with van der Waals surface area (Å²) in [7, 11) is 0. The van der Waals surface area contributed by atoms with E-state index >= 15 is 0 Å². The summed E-state index contributed by atoms with van der Waals surface area (Å²) in [6.07, 6.45) is 4.02. The lowest BCUT2D eigenvalue weighted by atomic mass is 10.2. The van der Waals surface area contributed by atoms with Gasteiger partial charge in [0, 0.05) is 30.5 Å². The van der Waals surface area contributed by atoms with Crippen molar-refractivity contribution >= 4 is 17.6 Å². The van der Waals surface area contributed by atoms with E-state index in [0.717, 1.165) is 37.3 Å². The Morgan fingerprint density at radius 1 is 1.22 bits per heavy atom. The maximum atomic E-state index is 11.5. The molecule has 1 aromatic carbocycles. The molecule has 27 heavy (non-hydrogen) atoms. The number of aliphatic hydroxyl groups is 1. The van der Waals surface area contributed by atoms with E-state index in [1.807, 2.05) is 18.2 Å². The van der Waals surface area contributed by atoms with Crippen LogP contribution in [0, 0.1) is 0 Å². The fraction of sp³-hybridized carbons (Fsp3) is 0.421. The second-order valence-electron chi connectivity index (χ2n) is 6.66. The Bertz CT molecular complexity index is 787. The number of benzene rings is 1. The van der Waals surface area contributed by atoms with Crippen LogP contribution < -0.4 is 10.2 Å². The van der Waals surface area contributed by atoms with E-state index in [2.05, 4.69) is 15.2 Å². The van der Waals surface area contributed by atoms with E-state index in [1.54, 1.807) is 18.3 Å². The Morgan fingerprint density at radius 3 is 2.67 bits per heavy atom. The number of amides is 1. The Balaban J connectivity index is 1.45. The van der Waals surface area contributed by atoms with E-state index in [0.29, 0.717) is 23.7 Å². The number of aliphatic hydroxyl groups excluding tert-OH is 1. The zero-order valence-electron chi connectivity index (χ0n) is 14.9. The van der Waals surface area contributed by atoms with Crippen molar-refractivity contribution in [3.8, 4) is 11.4 Å². The molecule has 2 unspecified atom stereocenters. The molecule has 142 valence electrons. The predicted molar refractivity (Wildman–Crippen MR) is 99.6 cm³/mol. The molecule has 3 heterocycles. The standard InChI is InChI=1S/C19H22N4O4/c24-9-10-26-19(25)21-14-3-1-13(2-4-14)18-20-8-7-17(22-18)23-11-15-5-6-16(12-23)27-15/h1-4,7-8,15-16,24H,5-6,9-12H2,(H,21,25). The van der Waals surface area contributed by atoms with Gasteiger partial charge in [-0.15, -0.1) is 0 Å². The summed E-state index contributed by atoms with van der Waals surface area (Å²) in [5, 5.41) is 11.3. The van der Waals surface area contributed by atoms with Gasteiger partial charge in [0.1, 0.15) is 12.4 Å². The van der Waals surface area contributed by atoms with E-state index in [1.165, 1.54) is 0 Å². The van der Waals surface area contributed by atoms with Crippen LogP contribution in [0.25, 0.3) is 11.4 Å². The first kappa shape index (κ1) is 17.7. The molecule has 2 saturated heterocycles. The van der Waals surface area contributed by atoms with Crippen LogP contribution in [-0.4, -0.2) is 59.7 Å². The number of carbonyl (C=O) groups is 1. The number of hydrogen-bond acceptors (Lipinski definition) is 7. The first-order valence-electron chi connectivity index (χ1n) is 9.10. The number of nitrogens with zero attached hydrogens (tertiary/aromatic N) is 3. The van der Waals surface area contributed by atoms with Gasteiger partial charge in [-0.3, -0.25) is 5.32 Å². The average Bonchev–Trinajstić information content (AvgIpc) is 3.04. The van der Waals surface area contributed by atoms with Gasteiger partial charge in [-0.2, -0.15) is 0 Å². The number of anilines is 2. The molecule has 8 nitrogen and oxygen atoms in total. The highest BCUT2D eigenvalue weighted by Crippen LogP contribution is 2.29. The van der Waals surface area contributed by atoms with Gasteiger partial charge in [-0.05, 0) is 43.2 Å². The Labute approximate surface area is 157 Å². The summed E-state index contributed by atoms with van der Waals surface area (Å²) in [5.41, 5.74) is 1.46. The quantitative estimate of drug-likeness (QED) is 0.831. The van der Waals surface area contributed by atoms with Crippen molar-refractivity contribution in [3.63, 3.8) is 0 Å². The highest BCUT2D eigenvalue weighted by Gasteiger charge is 2.34. The molecule has 0 spiro atoms. The zero-order valence-corrected chi connectivity index (χ0v) is 14.9. The van der Waals surface area contributed by atoms with Crippen LogP contribution in [0.5, 0.6) is 0 Å². The van der Waals surface area contributed by atoms with Crippen LogP contribution in [0.4, 0.5) is 16.3 Å². The number of hydrogen-bond donors (Lipinski definition) is 2. The minimum atomic E-state index is -0.600. The highest BCUT2D eigenvalue weighted by molar-refractivity contribution is 5.85. The molecule has 2 fully saturated rings. The molecular weight excluding hydrogens is 348 g/mol.